The summed E-state index contributed by atoms with van der Waals surface area (Å²) in [7, 11) is 0. The third-order valence-electron chi connectivity index (χ3n) is 3.89. The number of rotatable bonds is 12. The zero-order valence-corrected chi connectivity index (χ0v) is 17.2. The van der Waals surface area contributed by atoms with E-state index in [1.54, 1.807) is 13.8 Å². The number of aliphatic hydroxyl groups is 1. The molecule has 0 aromatic heterocycles. The minimum Gasteiger partial charge on any atom is -0.481 e. The van der Waals surface area contributed by atoms with Gasteiger partial charge in [-0.1, -0.05) is 13.8 Å². The van der Waals surface area contributed by atoms with Gasteiger partial charge in [-0.25, -0.2) is 4.79 Å². The first-order chi connectivity index (χ1) is 13.3. The number of aliphatic hydroxyl groups excluding tert-OH is 1. The molecule has 29 heavy (non-hydrogen) atoms. The van der Waals surface area contributed by atoms with E-state index in [0.717, 1.165) is 0 Å². The molecule has 0 rings (SSSR count). The molecular weight excluding hydrogens is 408 g/mol. The number of nitrogens with one attached hydrogen (secondary N) is 3. The minimum absolute atomic E-state index is 0.231. The minimum atomic E-state index is -1.71. The number of nitrogens with two attached hydrogens (primary N) is 1. The van der Waals surface area contributed by atoms with Crippen molar-refractivity contribution in [1.29, 1.82) is 0 Å². The first-order valence-corrected chi connectivity index (χ1v) is 9.35. The molecule has 0 radical (unpaired) electrons. The quantitative estimate of drug-likeness (QED) is 0.149. The van der Waals surface area contributed by atoms with E-state index in [9.17, 15) is 29.1 Å². The maximum Gasteiger partial charge on any atom is 0.326 e. The van der Waals surface area contributed by atoms with Gasteiger partial charge in [0, 0.05) is 5.75 Å². The smallest absolute Gasteiger partial charge is 0.326 e. The van der Waals surface area contributed by atoms with Crippen molar-refractivity contribution in [2.45, 2.75) is 57.5 Å². The van der Waals surface area contributed by atoms with Gasteiger partial charge in [-0.3, -0.25) is 19.2 Å². The summed E-state index contributed by atoms with van der Waals surface area (Å²) in [5.74, 6) is -6.10. The third-order valence-corrected chi connectivity index (χ3v) is 4.26. The van der Waals surface area contributed by atoms with Crippen molar-refractivity contribution in [3.05, 3.63) is 0 Å². The molecule has 12 nitrogen and oxygen atoms in total. The predicted octanol–water partition coefficient (Wildman–Crippen LogP) is -2.71. The van der Waals surface area contributed by atoms with Gasteiger partial charge in [-0.2, -0.15) is 12.6 Å². The zero-order valence-electron chi connectivity index (χ0n) is 16.3. The van der Waals surface area contributed by atoms with E-state index in [-0.39, 0.29) is 11.7 Å². The number of aliphatic carboxylic acids is 2. The lowest BCUT2D eigenvalue weighted by atomic mass is 10.0. The van der Waals surface area contributed by atoms with Gasteiger partial charge in [0.25, 0.3) is 0 Å². The fraction of sp³-hybridized carbons (Fsp3) is 0.688. The van der Waals surface area contributed by atoms with Crippen molar-refractivity contribution in [1.82, 2.24) is 16.0 Å². The summed E-state index contributed by atoms with van der Waals surface area (Å²) in [5.41, 5.74) is 5.70. The van der Waals surface area contributed by atoms with E-state index in [2.05, 4.69) is 23.3 Å². The molecule has 5 unspecified atom stereocenters. The molecule has 0 saturated heterocycles. The Kier molecular flexibility index (Phi) is 11.2. The summed E-state index contributed by atoms with van der Waals surface area (Å²) in [6, 6.07) is -5.42. The molecule has 0 saturated carbocycles. The molecule has 8 N–H and O–H groups in total. The van der Waals surface area contributed by atoms with Crippen LogP contribution in [-0.2, 0) is 24.0 Å². The first-order valence-electron chi connectivity index (χ1n) is 8.72. The molecule has 13 heteroatoms. The van der Waals surface area contributed by atoms with Crippen molar-refractivity contribution in [3.63, 3.8) is 0 Å². The van der Waals surface area contributed by atoms with E-state index in [0.29, 0.717) is 0 Å². The van der Waals surface area contributed by atoms with E-state index < -0.39 is 66.4 Å². The van der Waals surface area contributed by atoms with Crippen LogP contribution < -0.4 is 21.7 Å². The van der Waals surface area contributed by atoms with Gasteiger partial charge in [0.1, 0.15) is 18.1 Å². The van der Waals surface area contributed by atoms with Gasteiger partial charge in [-0.15, -0.1) is 0 Å². The lowest BCUT2D eigenvalue weighted by molar-refractivity contribution is -0.147. The van der Waals surface area contributed by atoms with Crippen LogP contribution in [0.2, 0.25) is 0 Å². The first kappa shape index (κ1) is 26.6. The molecule has 0 aliphatic heterocycles. The maximum absolute atomic E-state index is 12.4. The SMILES string of the molecule is CC(C)C(N)C(=O)NC(C(=O)NC(CS)C(=O)NC(CC(=O)O)C(=O)O)C(C)O. The van der Waals surface area contributed by atoms with Crippen LogP contribution in [0.1, 0.15) is 27.2 Å². The van der Waals surface area contributed by atoms with Crippen molar-refractivity contribution in [2.75, 3.05) is 5.75 Å². The average Bonchev–Trinajstić information content (AvgIpc) is 2.61. The molecule has 0 bridgehead atoms. The molecule has 0 spiro atoms. The molecule has 3 amide bonds. The lowest BCUT2D eigenvalue weighted by Crippen LogP contribution is -2.60. The molecule has 166 valence electrons. The molecule has 0 aliphatic rings. The summed E-state index contributed by atoms with van der Waals surface area (Å²) < 4.78 is 0. The zero-order chi connectivity index (χ0) is 22.9. The standard InChI is InChI=1S/C16H28N4O8S/c1-6(2)11(17)14(25)20-12(7(3)21)15(26)19-9(5-29)13(24)18-8(16(27)28)4-10(22)23/h6-9,11-12,21,29H,4-5,17H2,1-3H3,(H,18,24)(H,19,26)(H,20,25)(H,22,23)(H,27,28). The average molecular weight is 436 g/mol. The van der Waals surface area contributed by atoms with E-state index in [4.69, 9.17) is 15.9 Å². The third kappa shape index (κ3) is 9.11. The Bertz CT molecular complexity index is 628. The largest absolute Gasteiger partial charge is 0.481 e. The number of amides is 3. The van der Waals surface area contributed by atoms with Gasteiger partial charge in [0.2, 0.25) is 17.7 Å². The fourth-order valence-electron chi connectivity index (χ4n) is 2.06. The summed E-state index contributed by atoms with van der Waals surface area (Å²) in [6.07, 6.45) is -2.20. The second kappa shape index (κ2) is 12.2. The van der Waals surface area contributed by atoms with Crippen LogP contribution in [0.25, 0.3) is 0 Å². The summed E-state index contributed by atoms with van der Waals surface area (Å²) in [6.45, 7) is 4.63. The van der Waals surface area contributed by atoms with Crippen molar-refractivity contribution >= 4 is 42.3 Å². The summed E-state index contributed by atoms with van der Waals surface area (Å²) in [5, 5.41) is 34.0. The second-order valence-electron chi connectivity index (χ2n) is 6.74. The Morgan fingerprint density at radius 1 is 0.897 bits per heavy atom. The van der Waals surface area contributed by atoms with E-state index >= 15 is 0 Å². The van der Waals surface area contributed by atoms with Gasteiger partial charge in [0.15, 0.2) is 0 Å². The Morgan fingerprint density at radius 3 is 1.79 bits per heavy atom. The Labute approximate surface area is 173 Å². The van der Waals surface area contributed by atoms with E-state index in [1.807, 2.05) is 5.32 Å². The normalized spacial score (nSPS) is 16.1. The Balaban J connectivity index is 5.20. The summed E-state index contributed by atoms with van der Waals surface area (Å²) >= 11 is 3.91. The Morgan fingerprint density at radius 2 is 1.41 bits per heavy atom. The number of carbonyl (C=O) groups is 5. The number of carboxylic acid groups (broad SMARTS) is 2. The van der Waals surface area contributed by atoms with Crippen LogP contribution in [0.5, 0.6) is 0 Å². The number of thiol groups is 1. The van der Waals surface area contributed by atoms with E-state index in [1.165, 1.54) is 6.92 Å². The van der Waals surface area contributed by atoms with Gasteiger partial charge >= 0.3 is 11.9 Å². The molecule has 0 aromatic rings. The van der Waals surface area contributed by atoms with Gasteiger partial charge < -0.3 is 37.0 Å². The summed E-state index contributed by atoms with van der Waals surface area (Å²) in [4.78, 5) is 58.5. The number of carboxylic acids is 2. The highest BCUT2D eigenvalue weighted by Gasteiger charge is 2.32. The number of hydrogen-bond donors (Lipinski definition) is 8. The molecule has 0 aliphatic carbocycles. The van der Waals surface area contributed by atoms with Gasteiger partial charge in [-0.05, 0) is 12.8 Å². The van der Waals surface area contributed by atoms with Crippen LogP contribution in [0.4, 0.5) is 0 Å². The van der Waals surface area contributed by atoms with Crippen molar-refractivity contribution < 1.29 is 39.3 Å². The highest BCUT2D eigenvalue weighted by atomic mass is 32.1. The number of carbonyl (C=O) groups excluding carboxylic acids is 3. The lowest BCUT2D eigenvalue weighted by Gasteiger charge is -2.26. The molecule has 0 fully saturated rings. The maximum atomic E-state index is 12.4. The molecule has 0 heterocycles. The fourth-order valence-corrected chi connectivity index (χ4v) is 2.32. The monoisotopic (exact) mass is 436 g/mol. The van der Waals surface area contributed by atoms with Gasteiger partial charge in [0.05, 0.1) is 18.6 Å². The van der Waals surface area contributed by atoms with Crippen LogP contribution in [-0.4, -0.2) is 81.0 Å². The van der Waals surface area contributed by atoms with Crippen LogP contribution in [0.3, 0.4) is 0 Å². The van der Waals surface area contributed by atoms with Crippen LogP contribution in [0, 0.1) is 5.92 Å². The molecule has 5 atom stereocenters. The highest BCUT2D eigenvalue weighted by molar-refractivity contribution is 7.80. The second-order valence-corrected chi connectivity index (χ2v) is 7.10. The van der Waals surface area contributed by atoms with Crippen LogP contribution >= 0.6 is 12.6 Å². The predicted molar refractivity (Wildman–Crippen MR) is 104 cm³/mol. The van der Waals surface area contributed by atoms with Crippen molar-refractivity contribution in [2.24, 2.45) is 11.7 Å². The van der Waals surface area contributed by atoms with Crippen molar-refractivity contribution in [3.8, 4) is 0 Å². The molecular formula is C16H28N4O8S. The topological polar surface area (TPSA) is 208 Å². The highest BCUT2D eigenvalue weighted by Crippen LogP contribution is 2.02. The number of hydrogen-bond acceptors (Lipinski definition) is 8. The Hall–Kier alpha value is -2.38. The van der Waals surface area contributed by atoms with Crippen LogP contribution in [0.15, 0.2) is 0 Å². The molecule has 0 aromatic carbocycles.